The van der Waals surface area contributed by atoms with Crippen molar-refractivity contribution in [3.8, 4) is 23.0 Å². The molecule has 1 unspecified atom stereocenters. The van der Waals surface area contributed by atoms with Crippen molar-refractivity contribution in [2.45, 2.75) is 25.3 Å². The van der Waals surface area contributed by atoms with E-state index in [0.717, 1.165) is 22.6 Å². The topological polar surface area (TPSA) is 89.8 Å². The molecule has 0 saturated carbocycles. The van der Waals surface area contributed by atoms with Gasteiger partial charge in [0.15, 0.2) is 11.5 Å². The molecule has 0 fully saturated rings. The Morgan fingerprint density at radius 2 is 1.68 bits per heavy atom. The van der Waals surface area contributed by atoms with Gasteiger partial charge in [0.05, 0.1) is 40.2 Å². The van der Waals surface area contributed by atoms with Crippen LogP contribution in [0.15, 0.2) is 41.5 Å². The van der Waals surface area contributed by atoms with E-state index in [1.54, 1.807) is 28.4 Å². The monoisotopic (exact) mass is 428 g/mol. The van der Waals surface area contributed by atoms with Crippen LogP contribution in [0.1, 0.15) is 36.4 Å². The van der Waals surface area contributed by atoms with Gasteiger partial charge in [0.25, 0.3) is 0 Å². The summed E-state index contributed by atoms with van der Waals surface area (Å²) >= 11 is 0. The first-order chi connectivity index (χ1) is 15.0. The van der Waals surface area contributed by atoms with Gasteiger partial charge < -0.3 is 24.1 Å². The first-order valence-corrected chi connectivity index (χ1v) is 10.0. The van der Waals surface area contributed by atoms with Crippen LogP contribution in [0.25, 0.3) is 0 Å². The summed E-state index contributed by atoms with van der Waals surface area (Å²) in [5.74, 6) is 1.63. The lowest BCUT2D eigenvalue weighted by Gasteiger charge is -2.25. The molecular weight excluding hydrogens is 400 g/mol. The third kappa shape index (κ3) is 5.02. The zero-order valence-corrected chi connectivity index (χ0v) is 18.3. The van der Waals surface area contributed by atoms with E-state index in [-0.39, 0.29) is 12.5 Å². The summed E-state index contributed by atoms with van der Waals surface area (Å²) in [6, 6.07) is 11.5. The predicted molar refractivity (Wildman–Crippen MR) is 117 cm³/mol. The van der Waals surface area contributed by atoms with E-state index in [4.69, 9.17) is 29.2 Å². The standard InChI is InChI=1S/C23H28N2O6/c1-28-17-9-7-15(8-10-17)18-14-19(25(24-18)11-5-6-22(26)27)16-12-20(29-2)23(31-4)21(13-16)30-3/h7-10,12-13,19H,5-6,11,14H2,1-4H3,(H,26,27). The minimum atomic E-state index is -0.817. The molecule has 0 saturated heterocycles. The molecule has 0 spiro atoms. The number of methoxy groups -OCH3 is 4. The van der Waals surface area contributed by atoms with Crippen molar-refractivity contribution in [2.75, 3.05) is 35.0 Å². The highest BCUT2D eigenvalue weighted by atomic mass is 16.5. The number of carbonyl (C=O) groups is 1. The summed E-state index contributed by atoms with van der Waals surface area (Å²) in [7, 11) is 6.37. The molecule has 1 atom stereocenters. The zero-order valence-electron chi connectivity index (χ0n) is 18.3. The van der Waals surface area contributed by atoms with Crippen molar-refractivity contribution in [3.05, 3.63) is 47.5 Å². The van der Waals surface area contributed by atoms with Crippen LogP contribution in [0.4, 0.5) is 0 Å². The Balaban J connectivity index is 1.94. The fourth-order valence-corrected chi connectivity index (χ4v) is 3.69. The molecule has 0 radical (unpaired) electrons. The van der Waals surface area contributed by atoms with Crippen molar-refractivity contribution < 1.29 is 28.8 Å². The Kier molecular flexibility index (Phi) is 7.23. The number of aliphatic carboxylic acids is 1. The molecule has 1 aliphatic heterocycles. The highest BCUT2D eigenvalue weighted by molar-refractivity contribution is 6.01. The summed E-state index contributed by atoms with van der Waals surface area (Å²) in [6.07, 6.45) is 1.25. The summed E-state index contributed by atoms with van der Waals surface area (Å²) in [6.45, 7) is 0.521. The molecule has 31 heavy (non-hydrogen) atoms. The van der Waals surface area contributed by atoms with Crippen LogP contribution < -0.4 is 18.9 Å². The molecule has 8 heteroatoms. The van der Waals surface area contributed by atoms with Gasteiger partial charge in [0, 0.05) is 19.4 Å². The molecule has 3 rings (SSSR count). The SMILES string of the molecule is COc1ccc(C2=NN(CCCC(=O)O)C(c3cc(OC)c(OC)c(OC)c3)C2)cc1. The number of hydrogen-bond acceptors (Lipinski definition) is 7. The van der Waals surface area contributed by atoms with Crippen LogP contribution in [0.2, 0.25) is 0 Å². The van der Waals surface area contributed by atoms with E-state index in [1.165, 1.54) is 0 Å². The van der Waals surface area contributed by atoms with E-state index in [0.29, 0.717) is 36.6 Å². The van der Waals surface area contributed by atoms with Crippen LogP contribution in [0.3, 0.4) is 0 Å². The van der Waals surface area contributed by atoms with Gasteiger partial charge in [-0.3, -0.25) is 9.80 Å². The number of hydrogen-bond donors (Lipinski definition) is 1. The molecule has 2 aromatic carbocycles. The Bertz CT molecular complexity index is 917. The summed E-state index contributed by atoms with van der Waals surface area (Å²) < 4.78 is 21.7. The average Bonchev–Trinajstić information content (AvgIpc) is 3.21. The quantitative estimate of drug-likeness (QED) is 0.617. The van der Waals surface area contributed by atoms with Crippen LogP contribution in [-0.4, -0.2) is 56.8 Å². The van der Waals surface area contributed by atoms with Gasteiger partial charge in [-0.05, 0) is 53.9 Å². The lowest BCUT2D eigenvalue weighted by atomic mass is 9.97. The van der Waals surface area contributed by atoms with Crippen molar-refractivity contribution in [1.82, 2.24) is 5.01 Å². The van der Waals surface area contributed by atoms with E-state index in [9.17, 15) is 4.79 Å². The zero-order chi connectivity index (χ0) is 22.4. The summed E-state index contributed by atoms with van der Waals surface area (Å²) in [5.41, 5.74) is 2.88. The van der Waals surface area contributed by atoms with Crippen LogP contribution in [0.5, 0.6) is 23.0 Å². The fraction of sp³-hybridized carbons (Fsp3) is 0.391. The number of ether oxygens (including phenoxy) is 4. The number of carboxylic acids is 1. The van der Waals surface area contributed by atoms with Crippen molar-refractivity contribution in [2.24, 2.45) is 5.10 Å². The Hall–Kier alpha value is -3.42. The lowest BCUT2D eigenvalue weighted by molar-refractivity contribution is -0.137. The fourth-order valence-electron chi connectivity index (χ4n) is 3.69. The number of hydrazone groups is 1. The number of carboxylic acid groups (broad SMARTS) is 1. The highest BCUT2D eigenvalue weighted by Crippen LogP contribution is 2.43. The second kappa shape index (κ2) is 10.1. The van der Waals surface area contributed by atoms with Crippen LogP contribution in [0, 0.1) is 0 Å². The van der Waals surface area contributed by atoms with Gasteiger partial charge in [0.1, 0.15) is 5.75 Å². The molecule has 2 aromatic rings. The van der Waals surface area contributed by atoms with Crippen LogP contribution in [-0.2, 0) is 4.79 Å². The van der Waals surface area contributed by atoms with E-state index in [2.05, 4.69) is 0 Å². The minimum absolute atomic E-state index is 0.0837. The smallest absolute Gasteiger partial charge is 0.303 e. The van der Waals surface area contributed by atoms with E-state index < -0.39 is 5.97 Å². The first kappa shape index (κ1) is 22.3. The average molecular weight is 428 g/mol. The summed E-state index contributed by atoms with van der Waals surface area (Å²) in [5, 5.41) is 15.8. The normalized spacial score (nSPS) is 15.4. The van der Waals surface area contributed by atoms with Gasteiger partial charge in [-0.2, -0.15) is 5.10 Å². The molecule has 0 aromatic heterocycles. The molecular formula is C23H28N2O6. The maximum atomic E-state index is 11.0. The predicted octanol–water partition coefficient (Wildman–Crippen LogP) is 3.74. The van der Waals surface area contributed by atoms with Crippen molar-refractivity contribution in [3.63, 3.8) is 0 Å². The van der Waals surface area contributed by atoms with Crippen LogP contribution >= 0.6 is 0 Å². The molecule has 0 amide bonds. The molecule has 8 nitrogen and oxygen atoms in total. The largest absolute Gasteiger partial charge is 0.497 e. The third-order valence-electron chi connectivity index (χ3n) is 5.27. The Morgan fingerprint density at radius 3 is 2.19 bits per heavy atom. The summed E-state index contributed by atoms with van der Waals surface area (Å²) in [4.78, 5) is 11.0. The molecule has 166 valence electrons. The molecule has 1 N–H and O–H groups in total. The van der Waals surface area contributed by atoms with Gasteiger partial charge in [-0.15, -0.1) is 0 Å². The van der Waals surface area contributed by atoms with E-state index in [1.807, 2.05) is 41.4 Å². The van der Waals surface area contributed by atoms with Gasteiger partial charge >= 0.3 is 5.97 Å². The Labute approximate surface area is 182 Å². The Morgan fingerprint density at radius 1 is 1.03 bits per heavy atom. The van der Waals surface area contributed by atoms with E-state index >= 15 is 0 Å². The van der Waals surface area contributed by atoms with Crippen molar-refractivity contribution in [1.29, 1.82) is 0 Å². The molecule has 1 heterocycles. The number of nitrogens with zero attached hydrogens (tertiary/aromatic N) is 2. The second-order valence-corrected chi connectivity index (χ2v) is 7.11. The maximum absolute atomic E-state index is 11.0. The van der Waals surface area contributed by atoms with Gasteiger partial charge in [-0.25, -0.2) is 0 Å². The highest BCUT2D eigenvalue weighted by Gasteiger charge is 2.30. The maximum Gasteiger partial charge on any atom is 0.303 e. The third-order valence-corrected chi connectivity index (χ3v) is 5.27. The van der Waals surface area contributed by atoms with Gasteiger partial charge in [-0.1, -0.05) is 0 Å². The first-order valence-electron chi connectivity index (χ1n) is 10.0. The second-order valence-electron chi connectivity index (χ2n) is 7.11. The molecule has 0 bridgehead atoms. The number of rotatable bonds is 10. The molecule has 1 aliphatic rings. The molecule has 0 aliphatic carbocycles. The minimum Gasteiger partial charge on any atom is -0.497 e. The van der Waals surface area contributed by atoms with Crippen molar-refractivity contribution >= 4 is 11.7 Å². The number of benzene rings is 2. The lowest BCUT2D eigenvalue weighted by Crippen LogP contribution is -2.21. The van der Waals surface area contributed by atoms with Gasteiger partial charge in [0.2, 0.25) is 5.75 Å².